The largest absolute Gasteiger partial charge is 0.375 e. The summed E-state index contributed by atoms with van der Waals surface area (Å²) < 4.78 is 9.88. The Hall–Kier alpha value is -1.05. The standard InChI is InChI=1S/C14H22N4O2S/c1-17(2)11-3-8-20-14(9-11)4-6-18(7-5-14)13(19)12-10-21-16-15-12/h10-11H,3-9H2,1-2H3. The fraction of sp³-hybridized carbons (Fsp3) is 0.786. The minimum atomic E-state index is -0.0374. The van der Waals surface area contributed by atoms with Gasteiger partial charge in [-0.25, -0.2) is 0 Å². The first-order valence-electron chi connectivity index (χ1n) is 7.46. The van der Waals surface area contributed by atoms with Crippen molar-refractivity contribution in [1.82, 2.24) is 19.4 Å². The van der Waals surface area contributed by atoms with Crippen LogP contribution in [-0.2, 0) is 4.74 Å². The van der Waals surface area contributed by atoms with Gasteiger partial charge in [0.25, 0.3) is 5.91 Å². The van der Waals surface area contributed by atoms with Crippen molar-refractivity contribution in [2.24, 2.45) is 0 Å². The summed E-state index contributed by atoms with van der Waals surface area (Å²) >= 11 is 1.22. The fourth-order valence-electron chi connectivity index (χ4n) is 3.33. The van der Waals surface area contributed by atoms with Gasteiger partial charge < -0.3 is 14.5 Å². The lowest BCUT2D eigenvalue weighted by Crippen LogP contribution is -2.53. The molecule has 2 aliphatic rings. The summed E-state index contributed by atoms with van der Waals surface area (Å²) in [7, 11) is 4.27. The lowest BCUT2D eigenvalue weighted by molar-refractivity contribution is -0.125. The molecule has 2 aliphatic heterocycles. The van der Waals surface area contributed by atoms with Gasteiger partial charge in [0, 0.05) is 31.1 Å². The quantitative estimate of drug-likeness (QED) is 0.823. The van der Waals surface area contributed by atoms with Crippen LogP contribution in [0.4, 0.5) is 0 Å². The molecule has 3 rings (SSSR count). The number of nitrogens with zero attached hydrogens (tertiary/aromatic N) is 4. The van der Waals surface area contributed by atoms with Crippen molar-refractivity contribution < 1.29 is 9.53 Å². The van der Waals surface area contributed by atoms with E-state index in [4.69, 9.17) is 4.74 Å². The Labute approximate surface area is 129 Å². The lowest BCUT2D eigenvalue weighted by Gasteiger charge is -2.47. The van der Waals surface area contributed by atoms with E-state index in [0.717, 1.165) is 45.4 Å². The normalized spacial score (nSPS) is 25.5. The molecule has 1 spiro atoms. The Kier molecular flexibility index (Phi) is 4.24. The molecule has 116 valence electrons. The summed E-state index contributed by atoms with van der Waals surface area (Å²) in [6, 6.07) is 0.587. The Morgan fingerprint density at radius 2 is 2.24 bits per heavy atom. The summed E-state index contributed by atoms with van der Waals surface area (Å²) in [6.45, 7) is 2.32. The molecule has 7 heteroatoms. The van der Waals surface area contributed by atoms with Gasteiger partial charge in [0.05, 0.1) is 5.60 Å². The highest BCUT2D eigenvalue weighted by molar-refractivity contribution is 7.03. The molecule has 2 saturated heterocycles. The van der Waals surface area contributed by atoms with E-state index >= 15 is 0 Å². The zero-order valence-corrected chi connectivity index (χ0v) is 13.4. The topological polar surface area (TPSA) is 58.6 Å². The molecule has 1 unspecified atom stereocenters. The Morgan fingerprint density at radius 3 is 2.86 bits per heavy atom. The van der Waals surface area contributed by atoms with Crippen LogP contribution in [0.25, 0.3) is 0 Å². The van der Waals surface area contributed by atoms with Crippen LogP contribution < -0.4 is 0 Å². The minimum absolute atomic E-state index is 0.00132. The zero-order chi connectivity index (χ0) is 14.9. The Balaban J connectivity index is 1.61. The number of hydrogen-bond acceptors (Lipinski definition) is 6. The highest BCUT2D eigenvalue weighted by Gasteiger charge is 2.41. The predicted molar refractivity (Wildman–Crippen MR) is 80.4 cm³/mol. The highest BCUT2D eigenvalue weighted by Crippen LogP contribution is 2.36. The minimum Gasteiger partial charge on any atom is -0.375 e. The molecular formula is C14H22N4O2S. The summed E-state index contributed by atoms with van der Waals surface area (Å²) in [5.41, 5.74) is 0.427. The Bertz CT molecular complexity index is 483. The number of hydrogen-bond donors (Lipinski definition) is 0. The average Bonchev–Trinajstić information content (AvgIpc) is 3.02. The molecule has 3 heterocycles. The maximum atomic E-state index is 12.3. The number of carbonyl (C=O) groups is 1. The zero-order valence-electron chi connectivity index (χ0n) is 12.6. The lowest BCUT2D eigenvalue weighted by atomic mass is 9.82. The molecular weight excluding hydrogens is 288 g/mol. The van der Waals surface area contributed by atoms with Crippen molar-refractivity contribution in [1.29, 1.82) is 0 Å². The number of ether oxygens (including phenoxy) is 1. The van der Waals surface area contributed by atoms with Gasteiger partial charge in [0.2, 0.25) is 0 Å². The van der Waals surface area contributed by atoms with Crippen LogP contribution in [0.1, 0.15) is 36.2 Å². The maximum absolute atomic E-state index is 12.3. The third-order valence-electron chi connectivity index (χ3n) is 4.74. The van der Waals surface area contributed by atoms with Crippen LogP contribution in [0.15, 0.2) is 5.38 Å². The number of piperidine rings is 1. The van der Waals surface area contributed by atoms with Crippen LogP contribution in [0.5, 0.6) is 0 Å². The number of aromatic nitrogens is 2. The molecule has 1 aromatic heterocycles. The number of amides is 1. The van der Waals surface area contributed by atoms with E-state index in [1.807, 2.05) is 4.90 Å². The molecule has 0 radical (unpaired) electrons. The second-order valence-electron chi connectivity index (χ2n) is 6.22. The van der Waals surface area contributed by atoms with E-state index in [1.54, 1.807) is 5.38 Å². The first kappa shape index (κ1) is 14.9. The van der Waals surface area contributed by atoms with Crippen molar-refractivity contribution in [3.63, 3.8) is 0 Å². The van der Waals surface area contributed by atoms with Crippen molar-refractivity contribution in [3.8, 4) is 0 Å². The van der Waals surface area contributed by atoms with E-state index in [9.17, 15) is 4.79 Å². The smallest absolute Gasteiger partial charge is 0.275 e. The van der Waals surface area contributed by atoms with E-state index in [1.165, 1.54) is 11.5 Å². The summed E-state index contributed by atoms with van der Waals surface area (Å²) in [6.07, 6.45) is 4.00. The number of carbonyl (C=O) groups excluding carboxylic acids is 1. The molecule has 1 atom stereocenters. The molecule has 0 saturated carbocycles. The molecule has 1 amide bonds. The van der Waals surface area contributed by atoms with Crippen molar-refractivity contribution in [2.75, 3.05) is 33.8 Å². The monoisotopic (exact) mass is 310 g/mol. The van der Waals surface area contributed by atoms with Gasteiger partial charge in [0.15, 0.2) is 5.69 Å². The van der Waals surface area contributed by atoms with Crippen LogP contribution in [0, 0.1) is 0 Å². The molecule has 0 aliphatic carbocycles. The third-order valence-corrected chi connectivity index (χ3v) is 5.24. The third kappa shape index (κ3) is 3.09. The predicted octanol–water partition coefficient (Wildman–Crippen LogP) is 1.25. The van der Waals surface area contributed by atoms with Gasteiger partial charge in [-0.3, -0.25) is 4.79 Å². The van der Waals surface area contributed by atoms with Crippen LogP contribution in [-0.4, -0.2) is 70.7 Å². The highest BCUT2D eigenvalue weighted by atomic mass is 32.1. The SMILES string of the molecule is CN(C)C1CCOC2(CCN(C(=O)c3csnn3)CC2)C1. The van der Waals surface area contributed by atoms with Crippen LogP contribution in [0.3, 0.4) is 0 Å². The second kappa shape index (κ2) is 5.98. The molecule has 0 bridgehead atoms. The molecule has 6 nitrogen and oxygen atoms in total. The fourth-order valence-corrected chi connectivity index (χ4v) is 3.76. The summed E-state index contributed by atoms with van der Waals surface area (Å²) in [4.78, 5) is 16.5. The van der Waals surface area contributed by atoms with Crippen LogP contribution in [0.2, 0.25) is 0 Å². The van der Waals surface area contributed by atoms with Gasteiger partial charge in [-0.15, -0.1) is 5.10 Å². The van der Waals surface area contributed by atoms with Crippen LogP contribution >= 0.6 is 11.5 Å². The van der Waals surface area contributed by atoms with Gasteiger partial charge in [-0.05, 0) is 51.3 Å². The van der Waals surface area contributed by atoms with E-state index < -0.39 is 0 Å². The van der Waals surface area contributed by atoms with E-state index in [0.29, 0.717) is 11.7 Å². The molecule has 1 aromatic rings. The first-order valence-corrected chi connectivity index (χ1v) is 8.30. The van der Waals surface area contributed by atoms with Gasteiger partial charge >= 0.3 is 0 Å². The summed E-state index contributed by atoms with van der Waals surface area (Å²) in [5, 5.41) is 5.58. The second-order valence-corrected chi connectivity index (χ2v) is 6.83. The first-order chi connectivity index (χ1) is 10.1. The number of rotatable bonds is 2. The van der Waals surface area contributed by atoms with E-state index in [-0.39, 0.29) is 11.5 Å². The molecule has 0 aromatic carbocycles. The van der Waals surface area contributed by atoms with Crippen molar-refractivity contribution >= 4 is 17.4 Å². The molecule has 21 heavy (non-hydrogen) atoms. The van der Waals surface area contributed by atoms with Gasteiger partial charge in [0.1, 0.15) is 0 Å². The maximum Gasteiger partial charge on any atom is 0.275 e. The van der Waals surface area contributed by atoms with Gasteiger partial charge in [-0.1, -0.05) is 4.49 Å². The number of likely N-dealkylation sites (tertiary alicyclic amines) is 1. The Morgan fingerprint density at radius 1 is 1.48 bits per heavy atom. The van der Waals surface area contributed by atoms with Crippen molar-refractivity contribution in [3.05, 3.63) is 11.1 Å². The summed E-state index contributed by atoms with van der Waals surface area (Å²) in [5.74, 6) is -0.00132. The van der Waals surface area contributed by atoms with Crippen molar-refractivity contribution in [2.45, 2.75) is 37.3 Å². The average molecular weight is 310 g/mol. The molecule has 0 N–H and O–H groups in total. The van der Waals surface area contributed by atoms with E-state index in [2.05, 4.69) is 28.6 Å². The molecule has 2 fully saturated rings. The van der Waals surface area contributed by atoms with Gasteiger partial charge in [-0.2, -0.15) is 0 Å².